The lowest BCUT2D eigenvalue weighted by molar-refractivity contribution is 0.304. The second-order valence-electron chi connectivity index (χ2n) is 6.09. The third-order valence-corrected chi connectivity index (χ3v) is 3.99. The second-order valence-corrected chi connectivity index (χ2v) is 6.09. The van der Waals surface area contributed by atoms with Crippen LogP contribution in [-0.4, -0.2) is 23.0 Å². The number of aliphatic imine (C=N–C) groups is 1. The van der Waals surface area contributed by atoms with Crippen LogP contribution in [0.25, 0.3) is 0 Å². The predicted molar refractivity (Wildman–Crippen MR) is 100 cm³/mol. The molecule has 1 heterocycles. The summed E-state index contributed by atoms with van der Waals surface area (Å²) in [5.74, 6) is 1.68. The van der Waals surface area contributed by atoms with Gasteiger partial charge >= 0.3 is 0 Å². The van der Waals surface area contributed by atoms with Crippen LogP contribution in [-0.2, 0) is 0 Å². The molecule has 0 bridgehead atoms. The molecule has 1 aromatic carbocycles. The molecule has 4 nitrogen and oxygen atoms in total. The molecule has 0 fully saturated rings. The summed E-state index contributed by atoms with van der Waals surface area (Å²) in [6.45, 7) is 3.06. The minimum Gasteiger partial charge on any atom is -0.494 e. The number of benzene rings is 1. The fraction of sp³-hybridized carbons (Fsp3) is 0.500. The number of aromatic nitrogens is 2. The van der Waals surface area contributed by atoms with Crippen molar-refractivity contribution in [2.24, 2.45) is 4.99 Å². The number of hydrogen-bond donors (Lipinski definition) is 1. The maximum absolute atomic E-state index is 5.80. The molecule has 0 radical (unpaired) electrons. The van der Waals surface area contributed by atoms with Gasteiger partial charge in [0.1, 0.15) is 11.6 Å². The fourth-order valence-electron chi connectivity index (χ4n) is 2.54. The Labute approximate surface area is 145 Å². The number of rotatable bonds is 12. The van der Waals surface area contributed by atoms with Crippen LogP contribution in [0.2, 0.25) is 0 Å². The molecule has 2 rings (SSSR count). The van der Waals surface area contributed by atoms with E-state index in [0.717, 1.165) is 30.2 Å². The lowest BCUT2D eigenvalue weighted by atomic mass is 10.1. The molecule has 0 aliphatic heterocycles. The molecule has 130 valence electrons. The Morgan fingerprint density at radius 1 is 0.958 bits per heavy atom. The number of ether oxygens (including phenoxy) is 1. The van der Waals surface area contributed by atoms with Gasteiger partial charge in [-0.1, -0.05) is 51.9 Å². The molecule has 0 spiro atoms. The second kappa shape index (κ2) is 11.4. The van der Waals surface area contributed by atoms with Crippen LogP contribution < -0.4 is 4.74 Å². The molecule has 0 saturated heterocycles. The van der Waals surface area contributed by atoms with Crippen molar-refractivity contribution < 1.29 is 4.74 Å². The van der Waals surface area contributed by atoms with E-state index in [1.807, 2.05) is 36.5 Å². The van der Waals surface area contributed by atoms with Gasteiger partial charge in [0.2, 0.25) is 0 Å². The molecule has 0 aliphatic carbocycles. The van der Waals surface area contributed by atoms with Crippen LogP contribution in [0.3, 0.4) is 0 Å². The highest BCUT2D eigenvalue weighted by atomic mass is 16.5. The lowest BCUT2D eigenvalue weighted by Gasteiger charge is -2.06. The number of unbranched alkanes of at least 4 members (excludes halogenated alkanes) is 7. The van der Waals surface area contributed by atoms with Gasteiger partial charge in [0.05, 0.1) is 12.8 Å². The smallest absolute Gasteiger partial charge is 0.147 e. The van der Waals surface area contributed by atoms with Gasteiger partial charge in [-0.15, -0.1) is 0 Å². The van der Waals surface area contributed by atoms with Crippen LogP contribution in [0.1, 0.15) is 63.9 Å². The summed E-state index contributed by atoms with van der Waals surface area (Å²) in [6.07, 6.45) is 14.1. The monoisotopic (exact) mass is 327 g/mol. The molecule has 4 heteroatoms. The first-order valence-electron chi connectivity index (χ1n) is 9.15. The average Bonchev–Trinajstić information content (AvgIpc) is 3.13. The number of hydrogen-bond acceptors (Lipinski definition) is 3. The van der Waals surface area contributed by atoms with Gasteiger partial charge in [-0.05, 0) is 36.2 Å². The maximum Gasteiger partial charge on any atom is 0.147 e. The lowest BCUT2D eigenvalue weighted by Crippen LogP contribution is -1.97. The van der Waals surface area contributed by atoms with Crippen LogP contribution in [0, 0.1) is 0 Å². The van der Waals surface area contributed by atoms with E-state index in [9.17, 15) is 0 Å². The molecule has 0 saturated carbocycles. The summed E-state index contributed by atoms with van der Waals surface area (Å²) in [5.41, 5.74) is 1.05. The summed E-state index contributed by atoms with van der Waals surface area (Å²) < 4.78 is 5.80. The van der Waals surface area contributed by atoms with E-state index >= 15 is 0 Å². The van der Waals surface area contributed by atoms with Gasteiger partial charge in [0, 0.05) is 12.3 Å². The van der Waals surface area contributed by atoms with E-state index in [4.69, 9.17) is 4.74 Å². The normalized spacial score (nSPS) is 11.2. The number of nitrogens with zero attached hydrogens (tertiary/aromatic N) is 2. The van der Waals surface area contributed by atoms with Gasteiger partial charge < -0.3 is 4.74 Å². The van der Waals surface area contributed by atoms with Crippen LogP contribution >= 0.6 is 0 Å². The summed E-state index contributed by atoms with van der Waals surface area (Å²) in [6, 6.07) is 9.86. The number of aromatic amines is 1. The predicted octanol–water partition coefficient (Wildman–Crippen LogP) is 5.68. The van der Waals surface area contributed by atoms with E-state index in [0.29, 0.717) is 0 Å². The quantitative estimate of drug-likeness (QED) is 0.403. The summed E-state index contributed by atoms with van der Waals surface area (Å²) in [4.78, 5) is 4.30. The Morgan fingerprint density at radius 2 is 1.67 bits per heavy atom. The number of nitrogens with one attached hydrogen (secondary N) is 1. The van der Waals surface area contributed by atoms with E-state index in [1.165, 1.54) is 44.9 Å². The topological polar surface area (TPSA) is 50.3 Å². The first-order chi connectivity index (χ1) is 11.9. The van der Waals surface area contributed by atoms with E-state index in [2.05, 4.69) is 22.1 Å². The molecule has 2 aromatic rings. The van der Waals surface area contributed by atoms with E-state index < -0.39 is 0 Å². The number of H-pyrrole nitrogens is 1. The zero-order valence-electron chi connectivity index (χ0n) is 14.7. The van der Waals surface area contributed by atoms with Crippen molar-refractivity contribution in [3.63, 3.8) is 0 Å². The van der Waals surface area contributed by atoms with Gasteiger partial charge in [0.25, 0.3) is 0 Å². The maximum atomic E-state index is 5.80. The minimum absolute atomic E-state index is 0.755. The fourth-order valence-corrected chi connectivity index (χ4v) is 2.54. The minimum atomic E-state index is 0.755. The highest BCUT2D eigenvalue weighted by Crippen LogP contribution is 2.14. The molecule has 1 N–H and O–H groups in total. The molecule has 0 atom stereocenters. The Morgan fingerprint density at radius 3 is 2.33 bits per heavy atom. The van der Waals surface area contributed by atoms with Crippen molar-refractivity contribution in [3.8, 4) is 5.75 Å². The van der Waals surface area contributed by atoms with E-state index in [-0.39, 0.29) is 0 Å². The first-order valence-corrected chi connectivity index (χ1v) is 9.15. The SMILES string of the molecule is CCCCCCCCCCOc1ccc(/C=N/c2ccn[nH]2)cc1. The molecule has 1 aromatic heterocycles. The Hall–Kier alpha value is -2.10. The van der Waals surface area contributed by atoms with Crippen LogP contribution in [0.5, 0.6) is 5.75 Å². The van der Waals surface area contributed by atoms with E-state index in [1.54, 1.807) is 6.20 Å². The highest BCUT2D eigenvalue weighted by molar-refractivity contribution is 5.81. The van der Waals surface area contributed by atoms with Crippen molar-refractivity contribution in [1.82, 2.24) is 10.2 Å². The Kier molecular flexibility index (Phi) is 8.69. The Bertz CT molecular complexity index is 561. The third-order valence-electron chi connectivity index (χ3n) is 3.99. The molecular formula is C20H29N3O. The standard InChI is InChI=1S/C20H29N3O/c1-2-3-4-5-6-7-8-9-16-24-19-12-10-18(11-13-19)17-21-20-14-15-22-23-20/h10-15,17H,2-9,16H2,1H3,(H,22,23)/b21-17+. The largest absolute Gasteiger partial charge is 0.494 e. The Balaban J connectivity index is 1.57. The van der Waals surface area contributed by atoms with Crippen molar-refractivity contribution in [3.05, 3.63) is 42.1 Å². The molecular weight excluding hydrogens is 298 g/mol. The van der Waals surface area contributed by atoms with Crippen molar-refractivity contribution in [2.45, 2.75) is 58.3 Å². The van der Waals surface area contributed by atoms with Crippen molar-refractivity contribution in [2.75, 3.05) is 6.61 Å². The van der Waals surface area contributed by atoms with Crippen LogP contribution in [0.15, 0.2) is 41.5 Å². The first kappa shape index (κ1) is 18.2. The van der Waals surface area contributed by atoms with Gasteiger partial charge in [0.15, 0.2) is 0 Å². The van der Waals surface area contributed by atoms with Gasteiger partial charge in [-0.25, -0.2) is 4.99 Å². The molecule has 0 amide bonds. The van der Waals surface area contributed by atoms with Crippen molar-refractivity contribution in [1.29, 1.82) is 0 Å². The highest BCUT2D eigenvalue weighted by Gasteiger charge is 1.96. The zero-order valence-corrected chi connectivity index (χ0v) is 14.7. The third kappa shape index (κ3) is 7.44. The summed E-state index contributed by atoms with van der Waals surface area (Å²) in [5, 5.41) is 6.67. The van der Waals surface area contributed by atoms with Gasteiger partial charge in [-0.3, -0.25) is 5.10 Å². The molecule has 0 aliphatic rings. The van der Waals surface area contributed by atoms with Crippen LogP contribution in [0.4, 0.5) is 5.82 Å². The molecule has 0 unspecified atom stereocenters. The average molecular weight is 327 g/mol. The van der Waals surface area contributed by atoms with Gasteiger partial charge in [-0.2, -0.15) is 5.10 Å². The molecule has 24 heavy (non-hydrogen) atoms. The van der Waals surface area contributed by atoms with Crippen molar-refractivity contribution >= 4 is 12.0 Å². The summed E-state index contributed by atoms with van der Waals surface area (Å²) in [7, 11) is 0. The summed E-state index contributed by atoms with van der Waals surface area (Å²) >= 11 is 0. The zero-order chi connectivity index (χ0) is 16.9.